The maximum Gasteiger partial charge on any atom is 0.343 e. The van der Waals surface area contributed by atoms with Gasteiger partial charge in [0, 0.05) is 18.3 Å². The van der Waals surface area contributed by atoms with Crippen molar-refractivity contribution in [1.82, 2.24) is 14.8 Å². The third-order valence-corrected chi connectivity index (χ3v) is 5.81. The molecule has 21 heavy (non-hydrogen) atoms. The molecule has 1 aliphatic rings. The predicted octanol–water partition coefficient (Wildman–Crippen LogP) is 2.81. The average molecular weight is 312 g/mol. The first-order chi connectivity index (χ1) is 10.2. The first-order valence-electron chi connectivity index (χ1n) is 8.22. The zero-order valence-corrected chi connectivity index (χ0v) is 13.8. The van der Waals surface area contributed by atoms with Crippen molar-refractivity contribution in [2.75, 3.05) is 0 Å². The number of hydrogen-bond donors (Lipinski definition) is 2. The Morgan fingerprint density at radius 2 is 1.67 bits per heavy atom. The van der Waals surface area contributed by atoms with Crippen LogP contribution in [0.25, 0.3) is 0 Å². The molecule has 1 heterocycles. The summed E-state index contributed by atoms with van der Waals surface area (Å²) in [5.74, 6) is 0. The SMILES string of the molecule is Cn1c(SC2CCCCCCCCCCC2N)n[nH]c1=O. The molecule has 0 bridgehead atoms. The number of aromatic nitrogens is 3. The van der Waals surface area contributed by atoms with E-state index in [1.165, 1.54) is 51.4 Å². The van der Waals surface area contributed by atoms with Crippen molar-refractivity contribution >= 4 is 11.8 Å². The third-order valence-electron chi connectivity index (χ3n) is 4.35. The van der Waals surface area contributed by atoms with Gasteiger partial charge >= 0.3 is 5.69 Å². The fourth-order valence-corrected chi connectivity index (χ4v) is 4.11. The second-order valence-corrected chi connectivity index (χ2v) is 7.30. The fraction of sp³-hybridized carbons (Fsp3) is 0.867. The maximum atomic E-state index is 11.5. The van der Waals surface area contributed by atoms with Crippen molar-refractivity contribution in [1.29, 1.82) is 0 Å². The molecule has 5 nitrogen and oxygen atoms in total. The van der Waals surface area contributed by atoms with Crippen LogP contribution >= 0.6 is 11.8 Å². The largest absolute Gasteiger partial charge is 0.343 e. The lowest BCUT2D eigenvalue weighted by Gasteiger charge is -2.23. The van der Waals surface area contributed by atoms with E-state index in [1.807, 2.05) is 0 Å². The highest BCUT2D eigenvalue weighted by molar-refractivity contribution is 7.99. The summed E-state index contributed by atoms with van der Waals surface area (Å²) in [6.07, 6.45) is 12.7. The fourth-order valence-electron chi connectivity index (χ4n) is 2.91. The van der Waals surface area contributed by atoms with Crippen molar-refractivity contribution in [2.24, 2.45) is 12.8 Å². The van der Waals surface area contributed by atoms with Gasteiger partial charge in [-0.1, -0.05) is 63.1 Å². The first-order valence-corrected chi connectivity index (χ1v) is 9.10. The number of thioether (sulfide) groups is 1. The Kier molecular flexibility index (Phi) is 6.83. The number of H-pyrrole nitrogens is 1. The molecule has 3 N–H and O–H groups in total. The van der Waals surface area contributed by atoms with Gasteiger partial charge in [-0.05, 0) is 12.8 Å². The molecule has 2 rings (SSSR count). The highest BCUT2D eigenvalue weighted by Gasteiger charge is 2.21. The van der Waals surface area contributed by atoms with Crippen molar-refractivity contribution in [3.05, 3.63) is 10.5 Å². The molecular formula is C15H28N4OS. The van der Waals surface area contributed by atoms with Crippen LogP contribution in [0.1, 0.15) is 64.2 Å². The molecule has 0 spiro atoms. The van der Waals surface area contributed by atoms with Gasteiger partial charge < -0.3 is 5.73 Å². The van der Waals surface area contributed by atoms with Crippen molar-refractivity contribution in [2.45, 2.75) is 80.7 Å². The van der Waals surface area contributed by atoms with Crippen molar-refractivity contribution in [3.63, 3.8) is 0 Å². The Morgan fingerprint density at radius 1 is 1.10 bits per heavy atom. The second kappa shape index (κ2) is 8.63. The summed E-state index contributed by atoms with van der Waals surface area (Å²) in [5.41, 5.74) is 6.26. The smallest absolute Gasteiger partial charge is 0.327 e. The van der Waals surface area contributed by atoms with Gasteiger partial charge in [0.25, 0.3) is 0 Å². The van der Waals surface area contributed by atoms with Crippen LogP contribution < -0.4 is 11.4 Å². The number of rotatable bonds is 2. The molecule has 0 saturated heterocycles. The summed E-state index contributed by atoms with van der Waals surface area (Å²) >= 11 is 1.67. The molecule has 1 aliphatic carbocycles. The monoisotopic (exact) mass is 312 g/mol. The summed E-state index contributed by atoms with van der Waals surface area (Å²) in [7, 11) is 1.76. The van der Waals surface area contributed by atoms with Crippen LogP contribution in [0.4, 0.5) is 0 Å². The summed E-state index contributed by atoms with van der Waals surface area (Å²) in [6.45, 7) is 0. The van der Waals surface area contributed by atoms with Crippen LogP contribution in [0.2, 0.25) is 0 Å². The summed E-state index contributed by atoms with van der Waals surface area (Å²) in [5, 5.41) is 7.73. The van der Waals surface area contributed by atoms with E-state index >= 15 is 0 Å². The summed E-state index contributed by atoms with van der Waals surface area (Å²) in [4.78, 5) is 11.5. The quantitative estimate of drug-likeness (QED) is 0.880. The lowest BCUT2D eigenvalue weighted by molar-refractivity contribution is 0.472. The molecule has 6 heteroatoms. The predicted molar refractivity (Wildman–Crippen MR) is 87.6 cm³/mol. The molecule has 2 unspecified atom stereocenters. The highest BCUT2D eigenvalue weighted by atomic mass is 32.2. The minimum Gasteiger partial charge on any atom is -0.327 e. The van der Waals surface area contributed by atoms with E-state index in [4.69, 9.17) is 5.73 Å². The zero-order valence-electron chi connectivity index (χ0n) is 13.0. The Hall–Kier alpha value is -0.750. The zero-order chi connectivity index (χ0) is 15.1. The molecule has 1 aromatic heterocycles. The van der Waals surface area contributed by atoms with Crippen LogP contribution in [0.3, 0.4) is 0 Å². The van der Waals surface area contributed by atoms with E-state index in [1.54, 1.807) is 23.4 Å². The molecule has 1 aromatic rings. The number of hydrogen-bond acceptors (Lipinski definition) is 4. The molecule has 0 amide bonds. The molecule has 1 fully saturated rings. The number of nitrogens with two attached hydrogens (primary N) is 1. The van der Waals surface area contributed by atoms with E-state index in [-0.39, 0.29) is 11.7 Å². The van der Waals surface area contributed by atoms with Crippen molar-refractivity contribution < 1.29 is 0 Å². The summed E-state index contributed by atoms with van der Waals surface area (Å²) in [6, 6.07) is 0.196. The Balaban J connectivity index is 1.97. The highest BCUT2D eigenvalue weighted by Crippen LogP contribution is 2.28. The molecule has 1 saturated carbocycles. The Morgan fingerprint density at radius 3 is 2.24 bits per heavy atom. The molecule has 2 atom stereocenters. The summed E-state index contributed by atoms with van der Waals surface area (Å²) < 4.78 is 1.58. The number of nitrogens with zero attached hydrogens (tertiary/aromatic N) is 2. The van der Waals surface area contributed by atoms with Gasteiger partial charge in [-0.25, -0.2) is 9.89 Å². The van der Waals surface area contributed by atoms with E-state index in [0.717, 1.165) is 18.0 Å². The van der Waals surface area contributed by atoms with Crippen molar-refractivity contribution in [3.8, 4) is 0 Å². The molecule has 0 radical (unpaired) electrons. The Bertz CT molecular complexity index is 470. The van der Waals surface area contributed by atoms with Crippen LogP contribution in [0.15, 0.2) is 9.95 Å². The van der Waals surface area contributed by atoms with Gasteiger partial charge in [-0.15, -0.1) is 5.10 Å². The Labute approximate surface area is 131 Å². The van der Waals surface area contributed by atoms with Gasteiger partial charge in [-0.2, -0.15) is 0 Å². The normalized spacial score (nSPS) is 26.0. The van der Waals surface area contributed by atoms with Crippen LogP contribution in [-0.4, -0.2) is 26.1 Å². The third kappa shape index (κ3) is 5.18. The van der Waals surface area contributed by atoms with E-state index in [2.05, 4.69) is 10.2 Å². The topological polar surface area (TPSA) is 76.7 Å². The van der Waals surface area contributed by atoms with Gasteiger partial charge in [0.2, 0.25) is 0 Å². The van der Waals surface area contributed by atoms with E-state index < -0.39 is 0 Å². The van der Waals surface area contributed by atoms with Crippen LogP contribution in [0, 0.1) is 0 Å². The lowest BCUT2D eigenvalue weighted by Crippen LogP contribution is -2.33. The number of aromatic amines is 1. The molecular weight excluding hydrogens is 284 g/mol. The van der Waals surface area contributed by atoms with Gasteiger partial charge in [0.1, 0.15) is 0 Å². The van der Waals surface area contributed by atoms with E-state index in [9.17, 15) is 4.79 Å². The minimum absolute atomic E-state index is 0.153. The molecule has 0 aliphatic heterocycles. The van der Waals surface area contributed by atoms with Crippen LogP contribution in [0.5, 0.6) is 0 Å². The van der Waals surface area contributed by atoms with Gasteiger partial charge in [0.15, 0.2) is 5.16 Å². The second-order valence-electron chi connectivity index (χ2n) is 6.10. The lowest BCUT2D eigenvalue weighted by atomic mass is 9.98. The molecule has 0 aromatic carbocycles. The van der Waals surface area contributed by atoms with Gasteiger partial charge in [0.05, 0.1) is 0 Å². The number of nitrogens with one attached hydrogen (secondary N) is 1. The van der Waals surface area contributed by atoms with E-state index in [0.29, 0.717) is 5.25 Å². The van der Waals surface area contributed by atoms with Crippen LogP contribution in [-0.2, 0) is 7.05 Å². The minimum atomic E-state index is -0.153. The maximum absolute atomic E-state index is 11.5. The molecule has 120 valence electrons. The first kappa shape index (κ1) is 16.6. The standard InChI is InChI=1S/C15H28N4OS/c1-19-14(20)17-18-15(19)21-13-11-9-7-5-3-2-4-6-8-10-12(13)16/h12-13H,2-11,16H2,1H3,(H,17,20). The van der Waals surface area contributed by atoms with Gasteiger partial charge in [-0.3, -0.25) is 4.57 Å². The average Bonchev–Trinajstić information content (AvgIpc) is 2.78.